The highest BCUT2D eigenvalue weighted by atomic mass is 35.5. The molecule has 0 saturated heterocycles. The number of carbonyl (C=O) groups excluding carboxylic acids is 1. The van der Waals surface area contributed by atoms with E-state index in [1.54, 1.807) is 16.9 Å². The van der Waals surface area contributed by atoms with Gasteiger partial charge in [0.2, 0.25) is 0 Å². The molecule has 35 heavy (non-hydrogen) atoms. The first kappa shape index (κ1) is 25.1. The molecule has 0 bridgehead atoms. The topological polar surface area (TPSA) is 47.8 Å². The van der Waals surface area contributed by atoms with Crippen LogP contribution in [0, 0.1) is 5.41 Å². The Kier molecular flexibility index (Phi) is 6.39. The van der Waals surface area contributed by atoms with Crippen LogP contribution in [-0.2, 0) is 10.8 Å². The fraction of sp³-hybridized carbons (Fsp3) is 0.367. The second-order valence-corrected chi connectivity index (χ2v) is 12.2. The van der Waals surface area contributed by atoms with E-state index in [1.165, 1.54) is 0 Å². The van der Waals surface area contributed by atoms with Gasteiger partial charge >= 0.3 is 0 Å². The molecule has 1 heterocycles. The SMILES string of the molecule is CC(C)(C)CC(C)(C)c1ccc(C(=O)C(C)(C)c2ccccc2)c(-n2nc3ccc(Cl)cc3n2)c1. The molecule has 0 N–H and O–H groups in total. The molecule has 0 saturated carbocycles. The fourth-order valence-corrected chi connectivity index (χ4v) is 5.22. The van der Waals surface area contributed by atoms with E-state index in [2.05, 4.69) is 46.8 Å². The summed E-state index contributed by atoms with van der Waals surface area (Å²) in [5, 5.41) is 10.0. The normalized spacial score (nSPS) is 12.8. The third-order valence-electron chi connectivity index (χ3n) is 6.62. The number of aromatic nitrogens is 3. The van der Waals surface area contributed by atoms with Crippen molar-refractivity contribution in [3.05, 3.63) is 88.4 Å². The lowest BCUT2D eigenvalue weighted by Crippen LogP contribution is -2.31. The van der Waals surface area contributed by atoms with Crippen molar-refractivity contribution in [1.82, 2.24) is 15.0 Å². The van der Waals surface area contributed by atoms with Gasteiger partial charge in [0.15, 0.2) is 5.78 Å². The molecule has 0 amide bonds. The van der Waals surface area contributed by atoms with Crippen LogP contribution in [0.3, 0.4) is 0 Å². The number of carbonyl (C=O) groups is 1. The third-order valence-corrected chi connectivity index (χ3v) is 6.85. The number of rotatable bonds is 6. The average molecular weight is 488 g/mol. The Morgan fingerprint density at radius 2 is 1.46 bits per heavy atom. The number of halogens is 1. The Hall–Kier alpha value is -2.98. The molecule has 0 radical (unpaired) electrons. The summed E-state index contributed by atoms with van der Waals surface area (Å²) >= 11 is 6.20. The molecule has 0 aliphatic rings. The minimum Gasteiger partial charge on any atom is -0.293 e. The van der Waals surface area contributed by atoms with Crippen LogP contribution < -0.4 is 0 Å². The quantitative estimate of drug-likeness (QED) is 0.259. The predicted molar refractivity (Wildman–Crippen MR) is 145 cm³/mol. The molecule has 0 aliphatic carbocycles. The maximum Gasteiger partial charge on any atom is 0.175 e. The molecule has 4 rings (SSSR count). The lowest BCUT2D eigenvalue weighted by atomic mass is 9.71. The summed E-state index contributed by atoms with van der Waals surface area (Å²) in [5.41, 5.74) is 4.17. The maximum atomic E-state index is 14.0. The summed E-state index contributed by atoms with van der Waals surface area (Å²) in [7, 11) is 0. The summed E-state index contributed by atoms with van der Waals surface area (Å²) in [6, 6.07) is 21.5. The summed E-state index contributed by atoms with van der Waals surface area (Å²) in [5.74, 6) is 0.0262. The van der Waals surface area contributed by atoms with E-state index in [0.717, 1.165) is 23.1 Å². The molecule has 0 fully saturated rings. The van der Waals surface area contributed by atoms with Gasteiger partial charge in [-0.15, -0.1) is 15.0 Å². The first-order chi connectivity index (χ1) is 16.3. The zero-order chi connectivity index (χ0) is 25.6. The van der Waals surface area contributed by atoms with Crippen LogP contribution in [0.5, 0.6) is 0 Å². The Morgan fingerprint density at radius 1 is 0.800 bits per heavy atom. The van der Waals surface area contributed by atoms with Crippen molar-refractivity contribution in [3.63, 3.8) is 0 Å². The number of ketones is 1. The standard InChI is InChI=1S/C30H34ClN3O/c1-28(2,3)19-29(4,5)21-13-15-23(27(35)30(6,7)20-11-9-8-10-12-20)26(17-21)34-32-24-16-14-22(31)18-25(24)33-34/h8-18H,19H2,1-7H3. The minimum absolute atomic E-state index is 0.0262. The van der Waals surface area contributed by atoms with E-state index in [0.29, 0.717) is 21.8 Å². The van der Waals surface area contributed by atoms with Gasteiger partial charge in [-0.2, -0.15) is 0 Å². The van der Waals surface area contributed by atoms with Gasteiger partial charge in [0, 0.05) is 10.6 Å². The van der Waals surface area contributed by atoms with E-state index in [-0.39, 0.29) is 16.6 Å². The Morgan fingerprint density at radius 3 is 2.11 bits per heavy atom. The van der Waals surface area contributed by atoms with Crippen molar-refractivity contribution in [1.29, 1.82) is 0 Å². The molecule has 0 aliphatic heterocycles. The molecule has 5 heteroatoms. The molecule has 0 unspecified atom stereocenters. The summed E-state index contributed by atoms with van der Waals surface area (Å²) < 4.78 is 0. The van der Waals surface area contributed by atoms with Gasteiger partial charge in [-0.25, -0.2) is 0 Å². The highest BCUT2D eigenvalue weighted by Gasteiger charge is 2.34. The van der Waals surface area contributed by atoms with Crippen molar-refractivity contribution < 1.29 is 4.79 Å². The van der Waals surface area contributed by atoms with Gasteiger partial charge in [-0.3, -0.25) is 4.79 Å². The second kappa shape index (κ2) is 8.91. The highest BCUT2D eigenvalue weighted by Crippen LogP contribution is 2.38. The molecule has 0 atom stereocenters. The summed E-state index contributed by atoms with van der Waals surface area (Å²) in [6.45, 7) is 15.2. The van der Waals surface area contributed by atoms with Crippen LogP contribution >= 0.6 is 11.6 Å². The van der Waals surface area contributed by atoms with Gasteiger partial charge in [0.25, 0.3) is 0 Å². The molecule has 4 nitrogen and oxygen atoms in total. The lowest BCUT2D eigenvalue weighted by molar-refractivity contribution is 0.0908. The van der Waals surface area contributed by atoms with Gasteiger partial charge < -0.3 is 0 Å². The van der Waals surface area contributed by atoms with E-state index in [4.69, 9.17) is 21.8 Å². The number of benzene rings is 3. The molecule has 0 spiro atoms. The largest absolute Gasteiger partial charge is 0.293 e. The monoisotopic (exact) mass is 487 g/mol. The van der Waals surface area contributed by atoms with E-state index < -0.39 is 5.41 Å². The fourth-order valence-electron chi connectivity index (χ4n) is 5.06. The average Bonchev–Trinajstić information content (AvgIpc) is 3.20. The molecule has 1 aromatic heterocycles. The summed E-state index contributed by atoms with van der Waals surface area (Å²) in [6.07, 6.45) is 0.992. The van der Waals surface area contributed by atoms with Crippen LogP contribution in [-0.4, -0.2) is 20.8 Å². The van der Waals surface area contributed by atoms with Gasteiger partial charge in [0.05, 0.1) is 11.1 Å². The van der Waals surface area contributed by atoms with Crippen molar-refractivity contribution in [2.24, 2.45) is 5.41 Å². The molecule has 182 valence electrons. The molecular weight excluding hydrogens is 454 g/mol. The van der Waals surface area contributed by atoms with Crippen LogP contribution in [0.25, 0.3) is 16.7 Å². The third kappa shape index (κ3) is 5.18. The number of hydrogen-bond donors (Lipinski definition) is 0. The van der Waals surface area contributed by atoms with Gasteiger partial charge in [-0.1, -0.05) is 82.6 Å². The van der Waals surface area contributed by atoms with Crippen molar-refractivity contribution in [3.8, 4) is 5.69 Å². The van der Waals surface area contributed by atoms with Crippen LogP contribution in [0.1, 0.15) is 76.4 Å². The summed E-state index contributed by atoms with van der Waals surface area (Å²) in [4.78, 5) is 15.6. The first-order valence-corrected chi connectivity index (χ1v) is 12.4. The first-order valence-electron chi connectivity index (χ1n) is 12.1. The number of fused-ring (bicyclic) bond motifs is 1. The van der Waals surface area contributed by atoms with Crippen molar-refractivity contribution >= 4 is 28.4 Å². The maximum absolute atomic E-state index is 14.0. The van der Waals surface area contributed by atoms with Gasteiger partial charge in [-0.05, 0) is 72.6 Å². The molecule has 3 aromatic carbocycles. The van der Waals surface area contributed by atoms with E-state index >= 15 is 0 Å². The van der Waals surface area contributed by atoms with Crippen LogP contribution in [0.15, 0.2) is 66.7 Å². The predicted octanol–water partition coefficient (Wildman–Crippen LogP) is 7.95. The smallest absolute Gasteiger partial charge is 0.175 e. The minimum atomic E-state index is -0.714. The zero-order valence-corrected chi connectivity index (χ0v) is 22.4. The number of nitrogens with zero attached hydrogens (tertiary/aromatic N) is 3. The molecular formula is C30H34ClN3O. The lowest BCUT2D eigenvalue weighted by Gasteiger charge is -2.33. The van der Waals surface area contributed by atoms with E-state index in [1.807, 2.05) is 56.3 Å². The Bertz CT molecular complexity index is 1380. The zero-order valence-electron chi connectivity index (χ0n) is 21.7. The van der Waals surface area contributed by atoms with Gasteiger partial charge in [0.1, 0.15) is 11.0 Å². The highest BCUT2D eigenvalue weighted by molar-refractivity contribution is 6.31. The van der Waals surface area contributed by atoms with Crippen LogP contribution in [0.4, 0.5) is 0 Å². The van der Waals surface area contributed by atoms with Crippen LogP contribution in [0.2, 0.25) is 5.02 Å². The van der Waals surface area contributed by atoms with Crippen molar-refractivity contribution in [2.45, 2.75) is 65.7 Å². The number of Topliss-reactive ketones (excluding diaryl/α,β-unsaturated/α-hetero) is 1. The molecule has 4 aromatic rings. The Labute approximate surface area is 213 Å². The van der Waals surface area contributed by atoms with Crippen molar-refractivity contribution in [2.75, 3.05) is 0 Å². The Balaban J connectivity index is 1.90. The van der Waals surface area contributed by atoms with E-state index in [9.17, 15) is 4.79 Å². The number of hydrogen-bond acceptors (Lipinski definition) is 3. The second-order valence-electron chi connectivity index (χ2n) is 11.8.